The molecule has 0 bridgehead atoms. The van der Waals surface area contributed by atoms with Crippen LogP contribution in [0.1, 0.15) is 42.7 Å². The third-order valence-corrected chi connectivity index (χ3v) is 5.11. The molecule has 0 N–H and O–H groups in total. The summed E-state index contributed by atoms with van der Waals surface area (Å²) in [7, 11) is 0. The third-order valence-electron chi connectivity index (χ3n) is 5.11. The molecule has 0 atom stereocenters. The van der Waals surface area contributed by atoms with Gasteiger partial charge in [-0.05, 0) is 63.8 Å². The minimum atomic E-state index is 1.01. The van der Waals surface area contributed by atoms with Gasteiger partial charge in [-0.1, -0.05) is 42.8 Å². The van der Waals surface area contributed by atoms with E-state index >= 15 is 0 Å². The van der Waals surface area contributed by atoms with Crippen LogP contribution in [0.15, 0.2) is 36.4 Å². The zero-order valence-corrected chi connectivity index (χ0v) is 17.0. The van der Waals surface area contributed by atoms with Gasteiger partial charge in [0.05, 0.1) is 5.52 Å². The molecule has 136 valence electrons. The smallest absolute Gasteiger partial charge is 0.0804 e. The Morgan fingerprint density at radius 3 is 2.23 bits per heavy atom. The molecule has 0 spiro atoms. The molecule has 26 heavy (non-hydrogen) atoms. The number of fused-ring (bicyclic) bond motifs is 1. The highest BCUT2D eigenvalue weighted by Gasteiger charge is 2.15. The molecule has 1 heterocycles. The molecule has 0 radical (unpaired) electrons. The number of aryl methyl sites for hydroxylation is 4. The lowest BCUT2D eigenvalue weighted by Crippen LogP contribution is -2.23. The second-order valence-electron chi connectivity index (χ2n) is 7.34. The van der Waals surface area contributed by atoms with Crippen molar-refractivity contribution in [3.63, 3.8) is 0 Å². The average molecular weight is 347 g/mol. The van der Waals surface area contributed by atoms with Crippen molar-refractivity contribution in [1.29, 1.82) is 0 Å². The van der Waals surface area contributed by atoms with E-state index in [1.807, 2.05) is 0 Å². The molecule has 3 aromatic rings. The molecule has 0 aliphatic rings. The Labute approximate surface area is 157 Å². The molecule has 0 saturated carbocycles. The first-order valence-electron chi connectivity index (χ1n) is 9.69. The standard InChI is InChI=1S/C24H30N2/c1-7-12-26(8-2)22-15-19(6)25-24-20(22)10-9-11-21(24)23-17(4)13-16(3)14-18(23)5/h9-11,13-15H,7-8,12H2,1-6H3. The molecule has 1 aromatic heterocycles. The van der Waals surface area contributed by atoms with Crippen molar-refractivity contribution in [2.75, 3.05) is 18.0 Å². The number of hydrogen-bond acceptors (Lipinski definition) is 2. The molecule has 2 heteroatoms. The Kier molecular flexibility index (Phi) is 5.31. The van der Waals surface area contributed by atoms with Gasteiger partial charge in [0, 0.05) is 35.4 Å². The van der Waals surface area contributed by atoms with Crippen molar-refractivity contribution in [3.8, 4) is 11.1 Å². The van der Waals surface area contributed by atoms with E-state index in [1.165, 1.54) is 38.9 Å². The second kappa shape index (κ2) is 7.49. The molecule has 0 unspecified atom stereocenters. The van der Waals surface area contributed by atoms with E-state index in [-0.39, 0.29) is 0 Å². The Balaban J connectivity index is 2.32. The number of benzene rings is 2. The summed E-state index contributed by atoms with van der Waals surface area (Å²) in [5.41, 5.74) is 10.0. The van der Waals surface area contributed by atoms with E-state index in [2.05, 4.69) is 82.8 Å². The molecule has 2 aromatic carbocycles. The van der Waals surface area contributed by atoms with Gasteiger partial charge in [0.15, 0.2) is 0 Å². The first kappa shape index (κ1) is 18.4. The number of aromatic nitrogens is 1. The van der Waals surface area contributed by atoms with Crippen LogP contribution in [0, 0.1) is 27.7 Å². The van der Waals surface area contributed by atoms with E-state index < -0.39 is 0 Å². The Morgan fingerprint density at radius 2 is 1.62 bits per heavy atom. The van der Waals surface area contributed by atoms with Gasteiger partial charge in [-0.15, -0.1) is 0 Å². The van der Waals surface area contributed by atoms with E-state index in [0.717, 1.165) is 30.7 Å². The van der Waals surface area contributed by atoms with Gasteiger partial charge in [-0.25, -0.2) is 0 Å². The predicted molar refractivity (Wildman–Crippen MR) is 114 cm³/mol. The van der Waals surface area contributed by atoms with Crippen molar-refractivity contribution in [2.45, 2.75) is 48.0 Å². The fourth-order valence-corrected chi connectivity index (χ4v) is 4.14. The zero-order chi connectivity index (χ0) is 18.8. The monoisotopic (exact) mass is 346 g/mol. The van der Waals surface area contributed by atoms with Gasteiger partial charge >= 0.3 is 0 Å². The summed E-state index contributed by atoms with van der Waals surface area (Å²) < 4.78 is 0. The van der Waals surface area contributed by atoms with Crippen molar-refractivity contribution in [1.82, 2.24) is 4.98 Å². The van der Waals surface area contributed by atoms with Gasteiger partial charge in [-0.3, -0.25) is 4.98 Å². The van der Waals surface area contributed by atoms with Crippen LogP contribution < -0.4 is 4.90 Å². The lowest BCUT2D eigenvalue weighted by molar-refractivity contribution is 0.793. The van der Waals surface area contributed by atoms with E-state index in [9.17, 15) is 0 Å². The highest BCUT2D eigenvalue weighted by Crippen LogP contribution is 2.36. The molecule has 0 aliphatic carbocycles. The Bertz CT molecular complexity index is 917. The van der Waals surface area contributed by atoms with Crippen molar-refractivity contribution >= 4 is 16.6 Å². The fraction of sp³-hybridized carbons (Fsp3) is 0.375. The maximum atomic E-state index is 4.97. The lowest BCUT2D eigenvalue weighted by Gasteiger charge is -2.25. The summed E-state index contributed by atoms with van der Waals surface area (Å²) in [6, 6.07) is 13.4. The molecular weight excluding hydrogens is 316 g/mol. The van der Waals surface area contributed by atoms with Crippen molar-refractivity contribution < 1.29 is 0 Å². The molecule has 0 aliphatic heterocycles. The molecule has 0 amide bonds. The van der Waals surface area contributed by atoms with Crippen LogP contribution in [-0.4, -0.2) is 18.1 Å². The van der Waals surface area contributed by atoms with Gasteiger partial charge in [0.2, 0.25) is 0 Å². The Hall–Kier alpha value is -2.35. The lowest BCUT2D eigenvalue weighted by atomic mass is 9.92. The summed E-state index contributed by atoms with van der Waals surface area (Å²) in [6.45, 7) is 15.2. The minimum absolute atomic E-state index is 1.01. The largest absolute Gasteiger partial charge is 0.371 e. The molecule has 3 rings (SSSR count). The summed E-state index contributed by atoms with van der Waals surface area (Å²) in [4.78, 5) is 7.44. The maximum Gasteiger partial charge on any atom is 0.0804 e. The highest BCUT2D eigenvalue weighted by molar-refractivity contribution is 6.01. The maximum absolute atomic E-state index is 4.97. The minimum Gasteiger partial charge on any atom is -0.371 e. The SMILES string of the molecule is CCCN(CC)c1cc(C)nc2c(-c3c(C)cc(C)cc3C)cccc12. The number of anilines is 1. The van der Waals surface area contributed by atoms with E-state index in [4.69, 9.17) is 4.98 Å². The van der Waals surface area contributed by atoms with E-state index in [0.29, 0.717) is 0 Å². The van der Waals surface area contributed by atoms with Crippen LogP contribution in [-0.2, 0) is 0 Å². The fourth-order valence-electron chi connectivity index (χ4n) is 4.14. The molecule has 0 saturated heterocycles. The molecular formula is C24H30N2. The van der Waals surface area contributed by atoms with Crippen molar-refractivity contribution in [2.24, 2.45) is 0 Å². The predicted octanol–water partition coefficient (Wildman–Crippen LogP) is 6.37. The van der Waals surface area contributed by atoms with Gasteiger partial charge < -0.3 is 4.90 Å². The normalized spacial score (nSPS) is 11.2. The summed E-state index contributed by atoms with van der Waals surface area (Å²) in [5.74, 6) is 0. The second-order valence-corrected chi connectivity index (χ2v) is 7.34. The number of para-hydroxylation sites is 1. The topological polar surface area (TPSA) is 16.1 Å². The number of hydrogen-bond donors (Lipinski definition) is 0. The van der Waals surface area contributed by atoms with Crippen molar-refractivity contribution in [3.05, 3.63) is 58.8 Å². The molecule has 2 nitrogen and oxygen atoms in total. The summed E-state index contributed by atoms with van der Waals surface area (Å²) in [6.07, 6.45) is 1.15. The van der Waals surface area contributed by atoms with Crippen LogP contribution in [0.4, 0.5) is 5.69 Å². The van der Waals surface area contributed by atoms with Crippen LogP contribution in [0.3, 0.4) is 0 Å². The summed E-state index contributed by atoms with van der Waals surface area (Å²) >= 11 is 0. The van der Waals surface area contributed by atoms with Crippen LogP contribution in [0.5, 0.6) is 0 Å². The average Bonchev–Trinajstić information content (AvgIpc) is 2.58. The van der Waals surface area contributed by atoms with E-state index in [1.54, 1.807) is 0 Å². The zero-order valence-electron chi connectivity index (χ0n) is 17.0. The van der Waals surface area contributed by atoms with Gasteiger partial charge in [-0.2, -0.15) is 0 Å². The van der Waals surface area contributed by atoms with Gasteiger partial charge in [0.25, 0.3) is 0 Å². The van der Waals surface area contributed by atoms with Crippen LogP contribution in [0.25, 0.3) is 22.0 Å². The highest BCUT2D eigenvalue weighted by atomic mass is 15.1. The Morgan fingerprint density at radius 1 is 0.923 bits per heavy atom. The number of pyridine rings is 1. The van der Waals surface area contributed by atoms with Crippen LogP contribution >= 0.6 is 0 Å². The number of nitrogens with zero attached hydrogens (tertiary/aromatic N) is 2. The molecule has 0 fully saturated rings. The first-order valence-corrected chi connectivity index (χ1v) is 9.69. The third kappa shape index (κ3) is 3.33. The quantitative estimate of drug-likeness (QED) is 0.533. The summed E-state index contributed by atoms with van der Waals surface area (Å²) in [5, 5.41) is 1.25. The van der Waals surface area contributed by atoms with Gasteiger partial charge in [0.1, 0.15) is 0 Å². The van der Waals surface area contributed by atoms with Crippen LogP contribution in [0.2, 0.25) is 0 Å². The number of rotatable bonds is 5. The first-order chi connectivity index (χ1) is 12.5.